The third-order valence-corrected chi connectivity index (χ3v) is 6.18. The van der Waals surface area contributed by atoms with Gasteiger partial charge in [-0.2, -0.15) is 0 Å². The van der Waals surface area contributed by atoms with Crippen molar-refractivity contribution >= 4 is 17.3 Å². The quantitative estimate of drug-likeness (QED) is 0.689. The number of methoxy groups -OCH3 is 1. The predicted molar refractivity (Wildman–Crippen MR) is 93.2 cm³/mol. The molecule has 1 aromatic rings. The summed E-state index contributed by atoms with van der Waals surface area (Å²) in [7, 11) is 1.40. The van der Waals surface area contributed by atoms with Crippen molar-refractivity contribution in [2.75, 3.05) is 26.7 Å². The van der Waals surface area contributed by atoms with E-state index < -0.39 is 5.92 Å². The molecular weight excluding hydrogens is 332 g/mol. The summed E-state index contributed by atoms with van der Waals surface area (Å²) in [5.41, 5.74) is 1.67. The van der Waals surface area contributed by atoms with Crippen LogP contribution in [0.3, 0.4) is 0 Å². The van der Waals surface area contributed by atoms with Gasteiger partial charge in [-0.25, -0.2) is 13.6 Å². The van der Waals surface area contributed by atoms with Gasteiger partial charge in [-0.15, -0.1) is 11.3 Å². The molecule has 0 amide bonds. The third kappa shape index (κ3) is 4.54. The Hall–Kier alpha value is -1.01. The van der Waals surface area contributed by atoms with E-state index in [9.17, 15) is 13.6 Å². The number of rotatable bonds is 6. The molecule has 136 valence electrons. The Labute approximate surface area is 147 Å². The maximum Gasteiger partial charge on any atom is 0.338 e. The zero-order valence-corrected chi connectivity index (χ0v) is 15.7. The number of esters is 1. The van der Waals surface area contributed by atoms with Crippen LogP contribution in [0.5, 0.6) is 0 Å². The lowest BCUT2D eigenvalue weighted by molar-refractivity contribution is -0.0232. The second-order valence-electron chi connectivity index (χ2n) is 6.83. The summed E-state index contributed by atoms with van der Waals surface area (Å²) in [5, 5.41) is 1.88. The van der Waals surface area contributed by atoms with E-state index in [1.165, 1.54) is 12.0 Å². The standard InChI is InChI=1S/C18H27F2NO2S/c1-5-14(16-12(2)15(10-24-16)17(22)23-4)13-6-8-21(9-7-13)11-18(3,19)20/h10,13-14H,5-9,11H2,1-4H3. The molecule has 0 saturated carbocycles. The molecule has 0 N–H and O–H groups in total. The fraction of sp³-hybridized carbons (Fsp3) is 0.722. The van der Waals surface area contributed by atoms with Crippen molar-refractivity contribution in [2.45, 2.75) is 51.9 Å². The monoisotopic (exact) mass is 359 g/mol. The molecule has 0 spiro atoms. The van der Waals surface area contributed by atoms with Gasteiger partial charge in [-0.1, -0.05) is 6.92 Å². The van der Waals surface area contributed by atoms with E-state index in [2.05, 4.69) is 6.92 Å². The van der Waals surface area contributed by atoms with E-state index in [1.807, 2.05) is 17.2 Å². The number of likely N-dealkylation sites (tertiary alicyclic amines) is 1. The highest BCUT2D eigenvalue weighted by molar-refractivity contribution is 7.10. The van der Waals surface area contributed by atoms with E-state index in [1.54, 1.807) is 11.3 Å². The fourth-order valence-electron chi connectivity index (χ4n) is 3.75. The van der Waals surface area contributed by atoms with Gasteiger partial charge in [0.1, 0.15) is 0 Å². The number of halogens is 2. The Balaban J connectivity index is 2.06. The van der Waals surface area contributed by atoms with Crippen LogP contribution in [0.25, 0.3) is 0 Å². The zero-order chi connectivity index (χ0) is 17.9. The van der Waals surface area contributed by atoms with Gasteiger partial charge in [0.2, 0.25) is 0 Å². The maximum atomic E-state index is 13.2. The molecule has 1 aromatic heterocycles. The average Bonchev–Trinajstić information content (AvgIpc) is 2.89. The number of thiophene rings is 1. The minimum Gasteiger partial charge on any atom is -0.465 e. The summed E-state index contributed by atoms with van der Waals surface area (Å²) in [6.07, 6.45) is 2.86. The Morgan fingerprint density at radius 2 is 2.08 bits per heavy atom. The Kier molecular flexibility index (Phi) is 6.37. The minimum absolute atomic E-state index is 0.152. The van der Waals surface area contributed by atoms with E-state index >= 15 is 0 Å². The average molecular weight is 359 g/mol. The molecule has 2 rings (SSSR count). The van der Waals surface area contributed by atoms with Crippen LogP contribution in [0.1, 0.15) is 59.8 Å². The van der Waals surface area contributed by atoms with Gasteiger partial charge in [-0.05, 0) is 56.7 Å². The van der Waals surface area contributed by atoms with Gasteiger partial charge in [-0.3, -0.25) is 4.90 Å². The molecule has 0 aromatic carbocycles. The number of hydrogen-bond donors (Lipinski definition) is 0. The smallest absolute Gasteiger partial charge is 0.338 e. The van der Waals surface area contributed by atoms with Gasteiger partial charge in [0.05, 0.1) is 19.2 Å². The molecule has 0 bridgehead atoms. The number of carbonyl (C=O) groups excluding carboxylic acids is 1. The molecule has 1 aliphatic heterocycles. The Morgan fingerprint density at radius 1 is 1.46 bits per heavy atom. The second-order valence-corrected chi connectivity index (χ2v) is 7.74. The first kappa shape index (κ1) is 19.3. The molecule has 0 radical (unpaired) electrons. The van der Waals surface area contributed by atoms with Gasteiger partial charge in [0, 0.05) is 17.2 Å². The normalized spacial score (nSPS) is 18.6. The van der Waals surface area contributed by atoms with Crippen LogP contribution in [0.2, 0.25) is 0 Å². The lowest BCUT2D eigenvalue weighted by Crippen LogP contribution is -2.41. The van der Waals surface area contributed by atoms with Crippen molar-refractivity contribution in [1.82, 2.24) is 4.90 Å². The first-order valence-corrected chi connectivity index (χ1v) is 9.41. The zero-order valence-electron chi connectivity index (χ0n) is 14.9. The summed E-state index contributed by atoms with van der Waals surface area (Å²) < 4.78 is 31.2. The molecule has 1 aliphatic rings. The third-order valence-electron chi connectivity index (χ3n) is 4.96. The number of ether oxygens (including phenoxy) is 1. The lowest BCUT2D eigenvalue weighted by atomic mass is 9.80. The topological polar surface area (TPSA) is 29.5 Å². The van der Waals surface area contributed by atoms with E-state index in [-0.39, 0.29) is 12.5 Å². The molecule has 1 saturated heterocycles. The molecule has 1 fully saturated rings. The van der Waals surface area contributed by atoms with Crippen molar-refractivity contribution in [1.29, 1.82) is 0 Å². The molecule has 1 unspecified atom stereocenters. The Morgan fingerprint density at radius 3 is 2.58 bits per heavy atom. The van der Waals surface area contributed by atoms with Crippen molar-refractivity contribution < 1.29 is 18.3 Å². The van der Waals surface area contributed by atoms with Crippen LogP contribution < -0.4 is 0 Å². The van der Waals surface area contributed by atoms with E-state index in [0.29, 0.717) is 17.4 Å². The first-order chi connectivity index (χ1) is 11.3. The molecule has 1 atom stereocenters. The van der Waals surface area contributed by atoms with Crippen molar-refractivity contribution in [2.24, 2.45) is 5.92 Å². The number of alkyl halides is 2. The van der Waals surface area contributed by atoms with Crippen LogP contribution in [-0.4, -0.2) is 43.5 Å². The van der Waals surface area contributed by atoms with Crippen LogP contribution >= 0.6 is 11.3 Å². The van der Waals surface area contributed by atoms with Gasteiger partial charge in [0.15, 0.2) is 0 Å². The summed E-state index contributed by atoms with van der Waals surface area (Å²) in [6.45, 7) is 6.41. The Bertz CT molecular complexity index is 560. The van der Waals surface area contributed by atoms with Crippen molar-refractivity contribution in [3.05, 3.63) is 21.4 Å². The highest BCUT2D eigenvalue weighted by atomic mass is 32.1. The highest BCUT2D eigenvalue weighted by Gasteiger charge is 2.32. The first-order valence-electron chi connectivity index (χ1n) is 8.53. The van der Waals surface area contributed by atoms with E-state index in [0.717, 1.165) is 44.8 Å². The molecule has 0 aliphatic carbocycles. The van der Waals surface area contributed by atoms with Gasteiger partial charge < -0.3 is 4.74 Å². The second kappa shape index (κ2) is 7.91. The van der Waals surface area contributed by atoms with Crippen molar-refractivity contribution in [3.63, 3.8) is 0 Å². The SMILES string of the molecule is CCC(c1scc(C(=O)OC)c1C)C1CCN(CC(C)(F)F)CC1. The number of hydrogen-bond acceptors (Lipinski definition) is 4. The van der Waals surface area contributed by atoms with Crippen LogP contribution in [0.4, 0.5) is 8.78 Å². The number of nitrogens with zero attached hydrogens (tertiary/aromatic N) is 1. The molecular formula is C18H27F2NO2S. The molecule has 24 heavy (non-hydrogen) atoms. The highest BCUT2D eigenvalue weighted by Crippen LogP contribution is 2.40. The van der Waals surface area contributed by atoms with Gasteiger partial charge in [0.25, 0.3) is 5.92 Å². The van der Waals surface area contributed by atoms with Crippen LogP contribution in [-0.2, 0) is 4.74 Å². The summed E-state index contributed by atoms with van der Waals surface area (Å²) in [5.74, 6) is -2.04. The summed E-state index contributed by atoms with van der Waals surface area (Å²) in [4.78, 5) is 14.9. The largest absolute Gasteiger partial charge is 0.465 e. The van der Waals surface area contributed by atoms with Crippen molar-refractivity contribution in [3.8, 4) is 0 Å². The number of piperidine rings is 1. The molecule has 6 heteroatoms. The fourth-order valence-corrected chi connectivity index (χ4v) is 5.09. The van der Waals surface area contributed by atoms with Crippen LogP contribution in [0.15, 0.2) is 5.38 Å². The van der Waals surface area contributed by atoms with Crippen LogP contribution in [0, 0.1) is 12.8 Å². The minimum atomic E-state index is -2.63. The van der Waals surface area contributed by atoms with Gasteiger partial charge >= 0.3 is 5.97 Å². The summed E-state index contributed by atoms with van der Waals surface area (Å²) in [6, 6.07) is 0. The maximum absolute atomic E-state index is 13.2. The lowest BCUT2D eigenvalue weighted by Gasteiger charge is -2.36. The number of carbonyl (C=O) groups is 1. The van der Waals surface area contributed by atoms with E-state index in [4.69, 9.17) is 4.74 Å². The molecule has 2 heterocycles. The molecule has 3 nitrogen and oxygen atoms in total. The summed E-state index contributed by atoms with van der Waals surface area (Å²) >= 11 is 1.62. The predicted octanol–water partition coefficient (Wildman–Crippen LogP) is 4.70.